The van der Waals surface area contributed by atoms with E-state index in [0.717, 1.165) is 27.9 Å². The molecule has 0 aliphatic carbocycles. The van der Waals surface area contributed by atoms with Gasteiger partial charge in [0.05, 0.1) is 29.9 Å². The fourth-order valence-corrected chi connectivity index (χ4v) is 5.58. The minimum Gasteiger partial charge on any atom is -0.511 e. The van der Waals surface area contributed by atoms with E-state index < -0.39 is 11.8 Å². The van der Waals surface area contributed by atoms with Gasteiger partial charge in [0.1, 0.15) is 11.6 Å². The van der Waals surface area contributed by atoms with Crippen LogP contribution in [0.4, 0.5) is 4.39 Å². The Balaban J connectivity index is 1.73. The largest absolute Gasteiger partial charge is 0.511 e. The molecule has 1 aliphatic rings. The van der Waals surface area contributed by atoms with E-state index in [2.05, 4.69) is 19.2 Å². The maximum absolute atomic E-state index is 14.5. The minimum absolute atomic E-state index is 0.0159. The quantitative estimate of drug-likeness (QED) is 0.311. The third kappa shape index (κ3) is 6.69. The van der Waals surface area contributed by atoms with Crippen LogP contribution < -0.4 is 5.30 Å². The molecule has 7 heteroatoms. The monoisotopic (exact) mass is 546 g/mol. The van der Waals surface area contributed by atoms with E-state index in [0.29, 0.717) is 11.0 Å². The summed E-state index contributed by atoms with van der Waals surface area (Å²) in [4.78, 5) is 22.1. The normalized spacial score (nSPS) is 16.7. The lowest BCUT2D eigenvalue weighted by molar-refractivity contribution is -0.115. The number of aromatic nitrogens is 1. The number of aliphatic imine (C=N–C) groups is 1. The molecule has 0 fully saturated rings. The molecule has 1 amide bonds. The molecule has 2 unspecified atom stereocenters. The van der Waals surface area contributed by atoms with Crippen molar-refractivity contribution >= 4 is 26.2 Å². The van der Waals surface area contributed by atoms with Gasteiger partial charge in [-0.05, 0) is 66.9 Å². The SMILES string of the molecule is Cc1ncccc1-c1ccc(CC2=C(O)C([C@H](c3cc(F)cc(P)c3)C(C)C)C(COC(C)C)=NC2=O)cc1. The van der Waals surface area contributed by atoms with Gasteiger partial charge in [-0.1, -0.05) is 50.2 Å². The lowest BCUT2D eigenvalue weighted by Crippen LogP contribution is -2.36. The van der Waals surface area contributed by atoms with Crippen LogP contribution in [0.1, 0.15) is 50.4 Å². The Hall–Kier alpha value is -3.21. The maximum Gasteiger partial charge on any atom is 0.276 e. The van der Waals surface area contributed by atoms with Crippen molar-refractivity contribution in [2.45, 2.75) is 53.1 Å². The summed E-state index contributed by atoms with van der Waals surface area (Å²) in [6.07, 6.45) is 1.92. The summed E-state index contributed by atoms with van der Waals surface area (Å²) in [5.74, 6) is -1.73. The number of amides is 1. The number of aliphatic hydroxyl groups is 1. The van der Waals surface area contributed by atoms with E-state index in [9.17, 15) is 14.3 Å². The molecule has 1 N–H and O–H groups in total. The lowest BCUT2D eigenvalue weighted by Gasteiger charge is -2.34. The fraction of sp³-hybridized carbons (Fsp3) is 0.344. The second kappa shape index (κ2) is 12.3. The van der Waals surface area contributed by atoms with E-state index in [4.69, 9.17) is 4.74 Å². The van der Waals surface area contributed by atoms with Crippen LogP contribution in [-0.4, -0.2) is 34.4 Å². The van der Waals surface area contributed by atoms with E-state index in [1.54, 1.807) is 6.20 Å². The number of hydrogen-bond acceptors (Lipinski definition) is 4. The zero-order valence-electron chi connectivity index (χ0n) is 23.1. The first-order valence-corrected chi connectivity index (χ1v) is 13.8. The van der Waals surface area contributed by atoms with Gasteiger partial charge in [0.2, 0.25) is 0 Å². The molecule has 3 aromatic rings. The number of aryl methyl sites for hydroxylation is 1. The van der Waals surface area contributed by atoms with Gasteiger partial charge in [-0.2, -0.15) is 0 Å². The van der Waals surface area contributed by atoms with Crippen molar-refractivity contribution in [1.82, 2.24) is 4.98 Å². The first kappa shape index (κ1) is 28.8. The Morgan fingerprint density at radius 3 is 2.41 bits per heavy atom. The van der Waals surface area contributed by atoms with E-state index in [-0.39, 0.29) is 48.1 Å². The number of halogens is 1. The number of dihydropyridines is 1. The number of carbonyl (C=O) groups is 1. The van der Waals surface area contributed by atoms with Crippen molar-refractivity contribution in [3.63, 3.8) is 0 Å². The van der Waals surface area contributed by atoms with Gasteiger partial charge in [0.15, 0.2) is 0 Å². The number of carbonyl (C=O) groups excluding carboxylic acids is 1. The molecular formula is C32H36FN2O3P. The number of benzene rings is 2. The highest BCUT2D eigenvalue weighted by Crippen LogP contribution is 2.40. The molecule has 0 spiro atoms. The number of hydrogen-bond donors (Lipinski definition) is 1. The minimum atomic E-state index is -0.611. The molecule has 5 nitrogen and oxygen atoms in total. The molecule has 1 aromatic heterocycles. The van der Waals surface area contributed by atoms with Crippen LogP contribution in [0.15, 0.2) is 77.1 Å². The second-order valence-corrected chi connectivity index (χ2v) is 11.4. The highest BCUT2D eigenvalue weighted by molar-refractivity contribution is 7.27. The van der Waals surface area contributed by atoms with Crippen LogP contribution in [0, 0.1) is 24.6 Å². The molecule has 1 aliphatic heterocycles. The summed E-state index contributed by atoms with van der Waals surface area (Å²) in [5, 5.41) is 12.4. The van der Waals surface area contributed by atoms with Crippen LogP contribution in [0.5, 0.6) is 0 Å². The molecule has 2 heterocycles. The first-order chi connectivity index (χ1) is 18.5. The van der Waals surface area contributed by atoms with Crippen LogP contribution >= 0.6 is 9.24 Å². The molecule has 0 bridgehead atoms. The first-order valence-electron chi connectivity index (χ1n) is 13.3. The average Bonchev–Trinajstić information content (AvgIpc) is 2.87. The number of aliphatic hydroxyl groups excluding tert-OH is 1. The van der Waals surface area contributed by atoms with Crippen molar-refractivity contribution in [3.05, 3.63) is 94.8 Å². The number of pyridine rings is 1. The van der Waals surface area contributed by atoms with E-state index in [1.165, 1.54) is 12.1 Å². The van der Waals surface area contributed by atoms with Crippen molar-refractivity contribution in [2.24, 2.45) is 16.8 Å². The molecule has 0 saturated heterocycles. The van der Waals surface area contributed by atoms with Crippen molar-refractivity contribution in [2.75, 3.05) is 6.61 Å². The van der Waals surface area contributed by atoms with Crippen molar-refractivity contribution in [1.29, 1.82) is 0 Å². The third-order valence-electron chi connectivity index (χ3n) is 7.09. The summed E-state index contributed by atoms with van der Waals surface area (Å²) in [7, 11) is 2.54. The Morgan fingerprint density at radius 2 is 1.79 bits per heavy atom. The molecule has 2 aromatic carbocycles. The molecular weight excluding hydrogens is 510 g/mol. The smallest absolute Gasteiger partial charge is 0.276 e. The third-order valence-corrected chi connectivity index (χ3v) is 7.42. The molecule has 4 rings (SSSR count). The zero-order chi connectivity index (χ0) is 28.3. The average molecular weight is 547 g/mol. The highest BCUT2D eigenvalue weighted by Gasteiger charge is 2.39. The van der Waals surface area contributed by atoms with Gasteiger partial charge in [0.25, 0.3) is 5.91 Å². The highest BCUT2D eigenvalue weighted by atomic mass is 31.0. The molecule has 204 valence electrons. The van der Waals surface area contributed by atoms with Gasteiger partial charge < -0.3 is 9.84 Å². The van der Waals surface area contributed by atoms with Crippen LogP contribution in [0.25, 0.3) is 11.1 Å². The van der Waals surface area contributed by atoms with Crippen molar-refractivity contribution in [3.8, 4) is 11.1 Å². The maximum atomic E-state index is 14.5. The number of allylic oxidation sites excluding steroid dienone is 1. The summed E-state index contributed by atoms with van der Waals surface area (Å²) >= 11 is 0. The van der Waals surface area contributed by atoms with E-state index in [1.807, 2.05) is 77.1 Å². The van der Waals surface area contributed by atoms with Gasteiger partial charge in [-0.3, -0.25) is 9.78 Å². The molecule has 39 heavy (non-hydrogen) atoms. The Kier molecular flexibility index (Phi) is 9.09. The van der Waals surface area contributed by atoms with Gasteiger partial charge in [-0.15, -0.1) is 9.24 Å². The van der Waals surface area contributed by atoms with Crippen molar-refractivity contribution < 1.29 is 19.0 Å². The Bertz CT molecular complexity index is 1390. The summed E-state index contributed by atoms with van der Waals surface area (Å²) in [6, 6.07) is 16.7. The zero-order valence-corrected chi connectivity index (χ0v) is 24.3. The second-order valence-electron chi connectivity index (χ2n) is 10.7. The van der Waals surface area contributed by atoms with Crippen LogP contribution in [0.3, 0.4) is 0 Å². The molecule has 0 saturated carbocycles. The number of nitrogens with zero attached hydrogens (tertiary/aromatic N) is 2. The van der Waals surface area contributed by atoms with Gasteiger partial charge in [-0.25, -0.2) is 9.38 Å². The lowest BCUT2D eigenvalue weighted by atomic mass is 9.73. The Morgan fingerprint density at radius 1 is 1.08 bits per heavy atom. The topological polar surface area (TPSA) is 71.8 Å². The summed E-state index contributed by atoms with van der Waals surface area (Å²) in [6.45, 7) is 9.95. The number of ether oxygens (including phenoxy) is 1. The Labute approximate surface area is 232 Å². The van der Waals surface area contributed by atoms with Crippen LogP contribution in [0.2, 0.25) is 0 Å². The fourth-order valence-electron chi connectivity index (χ4n) is 5.23. The van der Waals surface area contributed by atoms with E-state index >= 15 is 0 Å². The standard InChI is InChI=1S/C32H36FN2O3P/c1-18(2)29(23-14-24(33)16-25(39)15-23)30-28(17-38-19(3)4)35-32(37)27(31(30)36)13-21-8-10-22(11-9-21)26-7-6-12-34-20(26)5/h6-12,14-16,18-19,29-30,36H,13,17,39H2,1-5H3/t29-,30?/m0/s1. The predicted octanol–water partition coefficient (Wildman–Crippen LogP) is 6.51. The summed E-state index contributed by atoms with van der Waals surface area (Å²) in [5.41, 5.74) is 5.35. The molecule has 0 radical (unpaired) electrons. The van der Waals surface area contributed by atoms with Gasteiger partial charge in [0, 0.05) is 29.8 Å². The number of rotatable bonds is 9. The molecule has 3 atom stereocenters. The van der Waals surface area contributed by atoms with Gasteiger partial charge >= 0.3 is 0 Å². The summed E-state index contributed by atoms with van der Waals surface area (Å²) < 4.78 is 20.3. The predicted molar refractivity (Wildman–Crippen MR) is 158 cm³/mol. The van der Waals surface area contributed by atoms with Crippen LogP contribution in [-0.2, 0) is 16.0 Å².